The largest absolute Gasteiger partial charge is 0.338 e. The van der Waals surface area contributed by atoms with Crippen LogP contribution in [-0.4, -0.2) is 46.9 Å². The van der Waals surface area contributed by atoms with Crippen molar-refractivity contribution in [1.29, 1.82) is 0 Å². The Kier molecular flexibility index (Phi) is 5.78. The van der Waals surface area contributed by atoms with Crippen LogP contribution in [0.5, 0.6) is 0 Å². The summed E-state index contributed by atoms with van der Waals surface area (Å²) in [4.78, 5) is 21.6. The van der Waals surface area contributed by atoms with E-state index >= 15 is 0 Å². The third kappa shape index (κ3) is 4.46. The molecule has 28 heavy (non-hydrogen) atoms. The maximum atomic E-state index is 12.7. The third-order valence-corrected chi connectivity index (χ3v) is 5.22. The van der Waals surface area contributed by atoms with E-state index in [4.69, 9.17) is 0 Å². The predicted molar refractivity (Wildman–Crippen MR) is 114 cm³/mol. The van der Waals surface area contributed by atoms with E-state index in [-0.39, 0.29) is 5.91 Å². The van der Waals surface area contributed by atoms with Gasteiger partial charge in [-0.2, -0.15) is 0 Å². The number of pyridine rings is 1. The summed E-state index contributed by atoms with van der Waals surface area (Å²) in [6.07, 6.45) is 6.38. The average molecular weight is 371 g/mol. The zero-order valence-corrected chi connectivity index (χ0v) is 16.0. The summed E-state index contributed by atoms with van der Waals surface area (Å²) in [5.41, 5.74) is 3.23. The maximum Gasteiger partial charge on any atom is 0.246 e. The molecule has 1 aromatic heterocycles. The Labute approximate surface area is 166 Å². The molecule has 0 atom stereocenters. The van der Waals surface area contributed by atoms with E-state index in [1.165, 1.54) is 5.56 Å². The number of benzene rings is 2. The Morgan fingerprint density at radius 2 is 1.79 bits per heavy atom. The smallest absolute Gasteiger partial charge is 0.246 e. The Balaban J connectivity index is 1.39. The van der Waals surface area contributed by atoms with Gasteiger partial charge in [0.2, 0.25) is 5.91 Å². The first kappa shape index (κ1) is 18.4. The van der Waals surface area contributed by atoms with Gasteiger partial charge in [0.05, 0.1) is 5.52 Å². The fraction of sp³-hybridized carbons (Fsp3) is 0.250. The standard InChI is InChI=1S/C24H25N3O/c28-23(13-12-22-10-4-9-21-11-5-14-25-24(21)22)27-16-6-15-26(17-18-27)19-20-7-2-1-3-8-20/h1-5,7-14H,6,15-19H2/b13-12+. The molecule has 1 fully saturated rings. The van der Waals surface area contributed by atoms with Crippen molar-refractivity contribution in [2.24, 2.45) is 0 Å². The van der Waals surface area contributed by atoms with E-state index in [1.807, 2.05) is 47.4 Å². The van der Waals surface area contributed by atoms with E-state index in [2.05, 4.69) is 34.1 Å². The van der Waals surface area contributed by atoms with E-state index in [1.54, 1.807) is 12.3 Å². The molecule has 2 heterocycles. The highest BCUT2D eigenvalue weighted by Crippen LogP contribution is 2.17. The number of hydrogen-bond acceptors (Lipinski definition) is 3. The predicted octanol–water partition coefficient (Wildman–Crippen LogP) is 3.98. The first-order chi connectivity index (χ1) is 13.8. The molecule has 0 aliphatic carbocycles. The van der Waals surface area contributed by atoms with Crippen molar-refractivity contribution < 1.29 is 4.79 Å². The van der Waals surface area contributed by atoms with Gasteiger partial charge in [0.15, 0.2) is 0 Å². The zero-order chi connectivity index (χ0) is 19.2. The second-order valence-corrected chi connectivity index (χ2v) is 7.20. The van der Waals surface area contributed by atoms with Crippen LogP contribution in [0, 0.1) is 0 Å². The van der Waals surface area contributed by atoms with Crippen molar-refractivity contribution in [3.8, 4) is 0 Å². The van der Waals surface area contributed by atoms with Crippen molar-refractivity contribution in [3.05, 3.63) is 84.1 Å². The molecule has 0 N–H and O–H groups in total. The first-order valence-corrected chi connectivity index (χ1v) is 9.86. The first-order valence-electron chi connectivity index (χ1n) is 9.86. The summed E-state index contributed by atoms with van der Waals surface area (Å²) in [5.74, 6) is 0.0782. The second-order valence-electron chi connectivity index (χ2n) is 7.20. The van der Waals surface area contributed by atoms with Crippen LogP contribution in [0.15, 0.2) is 72.9 Å². The van der Waals surface area contributed by atoms with Crippen LogP contribution < -0.4 is 0 Å². The Hall–Kier alpha value is -2.98. The zero-order valence-electron chi connectivity index (χ0n) is 16.0. The molecule has 4 nitrogen and oxygen atoms in total. The molecule has 4 heteroatoms. The normalized spacial score (nSPS) is 15.8. The molecular weight excluding hydrogens is 346 g/mol. The van der Waals surface area contributed by atoms with Gasteiger partial charge in [-0.05, 0) is 24.1 Å². The highest BCUT2D eigenvalue weighted by Gasteiger charge is 2.17. The van der Waals surface area contributed by atoms with Crippen LogP contribution in [0.4, 0.5) is 0 Å². The molecule has 0 unspecified atom stereocenters. The van der Waals surface area contributed by atoms with E-state index in [0.717, 1.165) is 55.6 Å². The minimum atomic E-state index is 0.0782. The number of para-hydroxylation sites is 1. The molecule has 0 radical (unpaired) electrons. The molecule has 1 aliphatic heterocycles. The van der Waals surface area contributed by atoms with Crippen LogP contribution in [0.2, 0.25) is 0 Å². The van der Waals surface area contributed by atoms with Gasteiger partial charge in [0, 0.05) is 55.9 Å². The lowest BCUT2D eigenvalue weighted by Gasteiger charge is -2.21. The number of nitrogens with zero attached hydrogens (tertiary/aromatic N) is 3. The third-order valence-electron chi connectivity index (χ3n) is 5.22. The fourth-order valence-electron chi connectivity index (χ4n) is 3.72. The van der Waals surface area contributed by atoms with Gasteiger partial charge in [-0.1, -0.05) is 54.6 Å². The fourth-order valence-corrected chi connectivity index (χ4v) is 3.72. The van der Waals surface area contributed by atoms with Gasteiger partial charge in [0.1, 0.15) is 0 Å². The number of carbonyl (C=O) groups is 1. The topological polar surface area (TPSA) is 36.4 Å². The minimum Gasteiger partial charge on any atom is -0.338 e. The lowest BCUT2D eigenvalue weighted by Crippen LogP contribution is -2.34. The SMILES string of the molecule is O=C(/C=C/c1cccc2cccnc12)N1CCCN(Cc2ccccc2)CC1. The van der Waals surface area contributed by atoms with Crippen LogP contribution in [0.25, 0.3) is 17.0 Å². The van der Waals surface area contributed by atoms with Crippen LogP contribution >= 0.6 is 0 Å². The van der Waals surface area contributed by atoms with E-state index in [9.17, 15) is 4.79 Å². The summed E-state index contributed by atoms with van der Waals surface area (Å²) in [6, 6.07) is 20.5. The number of rotatable bonds is 4. The van der Waals surface area contributed by atoms with Gasteiger partial charge in [0.25, 0.3) is 0 Å². The van der Waals surface area contributed by atoms with Crippen molar-refractivity contribution in [2.45, 2.75) is 13.0 Å². The molecule has 3 aromatic rings. The summed E-state index contributed by atoms with van der Waals surface area (Å²) in [5, 5.41) is 1.09. The van der Waals surface area contributed by atoms with Gasteiger partial charge in [-0.25, -0.2) is 0 Å². The van der Waals surface area contributed by atoms with Crippen LogP contribution in [0.1, 0.15) is 17.5 Å². The lowest BCUT2D eigenvalue weighted by atomic mass is 10.1. The van der Waals surface area contributed by atoms with Crippen LogP contribution in [0.3, 0.4) is 0 Å². The average Bonchev–Trinajstić information content (AvgIpc) is 2.98. The summed E-state index contributed by atoms with van der Waals surface area (Å²) in [7, 11) is 0. The van der Waals surface area contributed by atoms with Crippen molar-refractivity contribution in [3.63, 3.8) is 0 Å². The Morgan fingerprint density at radius 1 is 0.929 bits per heavy atom. The van der Waals surface area contributed by atoms with Crippen molar-refractivity contribution in [1.82, 2.24) is 14.8 Å². The van der Waals surface area contributed by atoms with Gasteiger partial charge in [-0.15, -0.1) is 0 Å². The number of amides is 1. The molecule has 0 saturated carbocycles. The van der Waals surface area contributed by atoms with Gasteiger partial charge >= 0.3 is 0 Å². The molecular formula is C24H25N3O. The second kappa shape index (κ2) is 8.81. The highest BCUT2D eigenvalue weighted by atomic mass is 16.2. The van der Waals surface area contributed by atoms with Crippen molar-refractivity contribution in [2.75, 3.05) is 26.2 Å². The lowest BCUT2D eigenvalue weighted by molar-refractivity contribution is -0.125. The number of hydrogen-bond donors (Lipinski definition) is 0. The molecule has 2 aromatic carbocycles. The number of aromatic nitrogens is 1. The van der Waals surface area contributed by atoms with E-state index < -0.39 is 0 Å². The molecule has 1 saturated heterocycles. The molecule has 1 amide bonds. The Bertz CT molecular complexity index is 963. The summed E-state index contributed by atoms with van der Waals surface area (Å²) >= 11 is 0. The Morgan fingerprint density at radius 3 is 2.68 bits per heavy atom. The maximum absolute atomic E-state index is 12.7. The van der Waals surface area contributed by atoms with E-state index in [0.29, 0.717) is 0 Å². The highest BCUT2D eigenvalue weighted by molar-refractivity contribution is 5.95. The van der Waals surface area contributed by atoms with Crippen LogP contribution in [-0.2, 0) is 11.3 Å². The summed E-state index contributed by atoms with van der Waals surface area (Å²) < 4.78 is 0. The molecule has 0 bridgehead atoms. The van der Waals surface area contributed by atoms with Crippen molar-refractivity contribution >= 4 is 22.9 Å². The number of carbonyl (C=O) groups excluding carboxylic acids is 1. The number of fused-ring (bicyclic) bond motifs is 1. The molecule has 1 aliphatic rings. The molecule has 4 rings (SSSR count). The quantitative estimate of drug-likeness (QED) is 0.651. The molecule has 0 spiro atoms. The summed E-state index contributed by atoms with van der Waals surface area (Å²) in [6.45, 7) is 4.45. The molecule has 142 valence electrons. The van der Waals surface area contributed by atoms with Gasteiger partial charge in [-0.3, -0.25) is 14.7 Å². The minimum absolute atomic E-state index is 0.0782. The van der Waals surface area contributed by atoms with Gasteiger partial charge < -0.3 is 4.90 Å². The monoisotopic (exact) mass is 371 g/mol.